The molecule has 0 aliphatic heterocycles. The van der Waals surface area contributed by atoms with Crippen molar-refractivity contribution in [3.63, 3.8) is 0 Å². The zero-order valence-corrected chi connectivity index (χ0v) is 10.5. The van der Waals surface area contributed by atoms with Gasteiger partial charge >= 0.3 is 11.9 Å². The summed E-state index contributed by atoms with van der Waals surface area (Å²) in [5, 5.41) is 0.932. The number of carbonyl (C=O) groups excluding carboxylic acids is 2. The number of ether oxygens (including phenoxy) is 1. The van der Waals surface area contributed by atoms with Crippen molar-refractivity contribution in [2.24, 2.45) is 0 Å². The van der Waals surface area contributed by atoms with Gasteiger partial charge in [-0.25, -0.2) is 9.59 Å². The Hall–Kier alpha value is -1.56. The SMILES string of the molecule is O=C(OC(=O)c1ccccp1)c1ccccp1. The average molecular weight is 262 g/mol. The molecule has 0 aromatic carbocycles. The highest BCUT2D eigenvalue weighted by Gasteiger charge is 2.14. The minimum atomic E-state index is -0.581. The summed E-state index contributed by atoms with van der Waals surface area (Å²) in [5.41, 5.74) is 0. The summed E-state index contributed by atoms with van der Waals surface area (Å²) in [5.74, 6) is 2.47. The third-order valence-electron chi connectivity index (χ3n) is 1.93. The standard InChI is InChI=1S/C12H8O3P2/c13-11(9-5-1-3-7-16-9)15-12(14)10-6-2-4-8-17-10/h1-8H. The van der Waals surface area contributed by atoms with Crippen molar-refractivity contribution in [3.05, 3.63) is 58.6 Å². The lowest BCUT2D eigenvalue weighted by atomic mass is 10.4. The lowest BCUT2D eigenvalue weighted by Gasteiger charge is -2.01. The number of hydrogen-bond donors (Lipinski definition) is 0. The molecule has 2 heterocycles. The molecule has 0 spiro atoms. The fourth-order valence-corrected chi connectivity index (χ4v) is 2.49. The largest absolute Gasteiger partial charge is 0.385 e. The van der Waals surface area contributed by atoms with E-state index in [4.69, 9.17) is 4.74 Å². The maximum Gasteiger partial charge on any atom is 0.350 e. The van der Waals surface area contributed by atoms with Crippen LogP contribution < -0.4 is 0 Å². The van der Waals surface area contributed by atoms with Crippen molar-refractivity contribution < 1.29 is 14.3 Å². The van der Waals surface area contributed by atoms with Crippen molar-refractivity contribution in [2.75, 3.05) is 0 Å². The Morgan fingerprint density at radius 2 is 1.29 bits per heavy atom. The Kier molecular flexibility index (Phi) is 3.98. The van der Waals surface area contributed by atoms with Gasteiger partial charge in [0, 0.05) is 0 Å². The van der Waals surface area contributed by atoms with Gasteiger partial charge in [-0.15, -0.1) is 0 Å². The molecule has 2 rings (SSSR count). The first-order valence-electron chi connectivity index (χ1n) is 4.86. The minimum absolute atomic E-state index is 0.466. The molecule has 2 aromatic heterocycles. The Morgan fingerprint density at radius 1 is 0.824 bits per heavy atom. The van der Waals surface area contributed by atoms with E-state index in [0.717, 1.165) is 16.4 Å². The van der Waals surface area contributed by atoms with E-state index in [-0.39, 0.29) is 0 Å². The summed E-state index contributed by atoms with van der Waals surface area (Å²) in [7, 11) is 1.50. The predicted molar refractivity (Wildman–Crippen MR) is 67.7 cm³/mol. The van der Waals surface area contributed by atoms with Gasteiger partial charge in [0.2, 0.25) is 0 Å². The van der Waals surface area contributed by atoms with Crippen molar-refractivity contribution >= 4 is 28.3 Å². The number of esters is 2. The molecule has 0 N–H and O–H groups in total. The van der Waals surface area contributed by atoms with Crippen LogP contribution in [0, 0.1) is 0 Å². The summed E-state index contributed by atoms with van der Waals surface area (Å²) in [4.78, 5) is 23.2. The molecule has 0 amide bonds. The smallest absolute Gasteiger partial charge is 0.350 e. The maximum atomic E-state index is 11.6. The van der Waals surface area contributed by atoms with E-state index >= 15 is 0 Å². The average Bonchev–Trinajstić information content (AvgIpc) is 2.40. The monoisotopic (exact) mass is 262 g/mol. The van der Waals surface area contributed by atoms with Crippen LogP contribution in [0.2, 0.25) is 0 Å². The Labute approximate surface area is 102 Å². The van der Waals surface area contributed by atoms with E-state index < -0.39 is 11.9 Å². The molecule has 2 aromatic rings. The Bertz CT molecular complexity index is 476. The van der Waals surface area contributed by atoms with Gasteiger partial charge in [0.1, 0.15) is 0 Å². The van der Waals surface area contributed by atoms with Crippen molar-refractivity contribution in [1.29, 1.82) is 0 Å². The molecule has 0 fully saturated rings. The molecule has 0 bridgehead atoms. The van der Waals surface area contributed by atoms with E-state index in [9.17, 15) is 9.59 Å². The van der Waals surface area contributed by atoms with Crippen LogP contribution in [0.25, 0.3) is 0 Å². The molecular formula is C12H8O3P2. The molecule has 0 aliphatic carbocycles. The van der Waals surface area contributed by atoms with E-state index in [2.05, 4.69) is 0 Å². The lowest BCUT2D eigenvalue weighted by molar-refractivity contribution is 0.0405. The molecule has 84 valence electrons. The van der Waals surface area contributed by atoms with Gasteiger partial charge in [-0.2, -0.15) is 0 Å². The predicted octanol–water partition coefficient (Wildman–Crippen LogP) is 3.84. The van der Waals surface area contributed by atoms with Gasteiger partial charge in [-0.1, -0.05) is 40.7 Å². The fourth-order valence-electron chi connectivity index (χ4n) is 1.16. The molecule has 0 radical (unpaired) electrons. The number of carbonyl (C=O) groups is 2. The van der Waals surface area contributed by atoms with Crippen LogP contribution in [-0.4, -0.2) is 11.9 Å². The molecular weight excluding hydrogens is 254 g/mol. The third kappa shape index (κ3) is 3.20. The van der Waals surface area contributed by atoms with E-state index in [1.54, 1.807) is 24.3 Å². The highest BCUT2D eigenvalue weighted by molar-refractivity contribution is 7.32. The summed E-state index contributed by atoms with van der Waals surface area (Å²) in [6.45, 7) is 0. The highest BCUT2D eigenvalue weighted by Crippen LogP contribution is 2.17. The fraction of sp³-hybridized carbons (Fsp3) is 0. The number of hydrogen-bond acceptors (Lipinski definition) is 3. The van der Waals surface area contributed by atoms with E-state index in [1.807, 2.05) is 23.7 Å². The summed E-state index contributed by atoms with van der Waals surface area (Å²) in [6.07, 6.45) is 0. The number of rotatable bonds is 2. The summed E-state index contributed by atoms with van der Waals surface area (Å²) in [6, 6.07) is 10.5. The summed E-state index contributed by atoms with van der Waals surface area (Å²) < 4.78 is 4.79. The topological polar surface area (TPSA) is 43.4 Å². The van der Waals surface area contributed by atoms with Crippen molar-refractivity contribution in [2.45, 2.75) is 0 Å². The van der Waals surface area contributed by atoms with Crippen LogP contribution in [0.4, 0.5) is 0 Å². The molecule has 0 saturated carbocycles. The van der Waals surface area contributed by atoms with Crippen LogP contribution in [0.1, 0.15) is 20.2 Å². The lowest BCUT2D eigenvalue weighted by Crippen LogP contribution is -2.10. The Morgan fingerprint density at radius 3 is 1.65 bits per heavy atom. The normalized spacial score (nSPS) is 10.6. The van der Waals surface area contributed by atoms with E-state index in [0.29, 0.717) is 10.6 Å². The molecule has 5 heteroatoms. The van der Waals surface area contributed by atoms with Gasteiger partial charge in [-0.05, 0) is 23.7 Å². The van der Waals surface area contributed by atoms with Crippen LogP contribution in [0.3, 0.4) is 0 Å². The van der Waals surface area contributed by atoms with Crippen LogP contribution in [0.15, 0.2) is 48.0 Å². The zero-order valence-electron chi connectivity index (χ0n) is 8.74. The maximum absolute atomic E-state index is 11.6. The molecule has 0 atom stereocenters. The second-order valence-corrected chi connectivity index (χ2v) is 5.18. The highest BCUT2D eigenvalue weighted by atomic mass is 31.0. The Balaban J connectivity index is 2.08. The zero-order chi connectivity index (χ0) is 12.1. The van der Waals surface area contributed by atoms with Gasteiger partial charge < -0.3 is 4.74 Å². The molecule has 17 heavy (non-hydrogen) atoms. The van der Waals surface area contributed by atoms with Crippen molar-refractivity contribution in [1.82, 2.24) is 0 Å². The second kappa shape index (κ2) is 5.67. The van der Waals surface area contributed by atoms with Crippen LogP contribution >= 0.6 is 16.4 Å². The minimum Gasteiger partial charge on any atom is -0.385 e. The first kappa shape index (κ1) is 11.9. The van der Waals surface area contributed by atoms with Gasteiger partial charge in [0.25, 0.3) is 0 Å². The van der Waals surface area contributed by atoms with Gasteiger partial charge in [0.05, 0.1) is 10.6 Å². The van der Waals surface area contributed by atoms with Gasteiger partial charge in [0.15, 0.2) is 0 Å². The van der Waals surface area contributed by atoms with Crippen molar-refractivity contribution in [3.8, 4) is 0 Å². The third-order valence-corrected chi connectivity index (χ3v) is 3.80. The molecule has 0 saturated heterocycles. The second-order valence-electron chi connectivity index (χ2n) is 3.11. The van der Waals surface area contributed by atoms with E-state index in [1.165, 1.54) is 0 Å². The quantitative estimate of drug-likeness (QED) is 0.610. The summed E-state index contributed by atoms with van der Waals surface area (Å²) >= 11 is 0. The first-order chi connectivity index (χ1) is 8.27. The van der Waals surface area contributed by atoms with Crippen LogP contribution in [-0.2, 0) is 4.74 Å². The van der Waals surface area contributed by atoms with Crippen LogP contribution in [0.5, 0.6) is 0 Å². The molecule has 3 nitrogen and oxygen atoms in total. The molecule has 0 aliphatic rings. The first-order valence-corrected chi connectivity index (χ1v) is 6.78. The van der Waals surface area contributed by atoms with Gasteiger partial charge in [-0.3, -0.25) is 0 Å². The molecule has 0 unspecified atom stereocenters.